The van der Waals surface area contributed by atoms with Crippen molar-refractivity contribution in [3.05, 3.63) is 35.4 Å². The lowest BCUT2D eigenvalue weighted by molar-refractivity contribution is 0.426. The molecule has 0 unspecified atom stereocenters. The summed E-state index contributed by atoms with van der Waals surface area (Å²) in [6.07, 6.45) is 3.10. The van der Waals surface area contributed by atoms with Gasteiger partial charge >= 0.3 is 0 Å². The van der Waals surface area contributed by atoms with E-state index >= 15 is 0 Å². The van der Waals surface area contributed by atoms with Gasteiger partial charge in [-0.05, 0) is 64.3 Å². The van der Waals surface area contributed by atoms with E-state index < -0.39 is 0 Å². The first-order chi connectivity index (χ1) is 8.55. The Morgan fingerprint density at radius 3 is 2.61 bits per heavy atom. The van der Waals surface area contributed by atoms with Gasteiger partial charge in [0, 0.05) is 0 Å². The molecule has 0 atom stereocenters. The molecule has 0 aromatic heterocycles. The number of hydrogen-bond acceptors (Lipinski definition) is 2. The van der Waals surface area contributed by atoms with Crippen LogP contribution in [0.1, 0.15) is 37.8 Å². The summed E-state index contributed by atoms with van der Waals surface area (Å²) in [5.74, 6) is 0. The second kappa shape index (κ2) is 7.18. The molecule has 0 saturated heterocycles. The highest BCUT2D eigenvalue weighted by Crippen LogP contribution is 2.19. The molecule has 1 aromatic rings. The van der Waals surface area contributed by atoms with Crippen LogP contribution in [0.4, 0.5) is 0 Å². The third-order valence-electron chi connectivity index (χ3n) is 3.29. The summed E-state index contributed by atoms with van der Waals surface area (Å²) in [7, 11) is 0. The van der Waals surface area contributed by atoms with E-state index in [1.54, 1.807) is 0 Å². The Labute approximate surface area is 111 Å². The molecule has 2 nitrogen and oxygen atoms in total. The van der Waals surface area contributed by atoms with Gasteiger partial charge in [0.1, 0.15) is 0 Å². The number of aryl methyl sites for hydroxylation is 1. The molecule has 0 bridgehead atoms. The predicted molar refractivity (Wildman–Crippen MR) is 76.4 cm³/mol. The van der Waals surface area contributed by atoms with Crippen molar-refractivity contribution in [1.29, 1.82) is 5.26 Å². The number of nitrogens with one attached hydrogen (secondary N) is 1. The van der Waals surface area contributed by atoms with Crippen LogP contribution in [0.15, 0.2) is 24.3 Å². The van der Waals surface area contributed by atoms with Gasteiger partial charge in [-0.15, -0.1) is 0 Å². The van der Waals surface area contributed by atoms with Crippen LogP contribution in [0.3, 0.4) is 0 Å². The lowest BCUT2D eigenvalue weighted by atomic mass is 9.90. The van der Waals surface area contributed by atoms with Gasteiger partial charge in [0.05, 0.1) is 11.5 Å². The summed E-state index contributed by atoms with van der Waals surface area (Å²) in [6, 6.07) is 10.9. The van der Waals surface area contributed by atoms with Gasteiger partial charge in [0.2, 0.25) is 0 Å². The van der Waals surface area contributed by atoms with E-state index in [2.05, 4.69) is 42.6 Å². The summed E-state index contributed by atoms with van der Waals surface area (Å²) in [5, 5.41) is 12.4. The fourth-order valence-electron chi connectivity index (χ4n) is 1.95. The fraction of sp³-hybridized carbons (Fsp3) is 0.562. The van der Waals surface area contributed by atoms with E-state index in [0.717, 1.165) is 32.4 Å². The molecule has 0 aliphatic carbocycles. The standard InChI is InChI=1S/C16H24N2/c1-14-7-4-5-8-15(14)9-12-18-11-6-10-16(2,3)13-17/h4-5,7-8,18H,6,9-12H2,1-3H3. The maximum atomic E-state index is 8.91. The minimum atomic E-state index is -0.183. The second-order valence-corrected chi connectivity index (χ2v) is 5.53. The van der Waals surface area contributed by atoms with E-state index in [4.69, 9.17) is 5.26 Å². The Morgan fingerprint density at radius 2 is 1.94 bits per heavy atom. The van der Waals surface area contributed by atoms with Crippen LogP contribution >= 0.6 is 0 Å². The first-order valence-electron chi connectivity index (χ1n) is 6.72. The first-order valence-corrected chi connectivity index (χ1v) is 6.72. The van der Waals surface area contributed by atoms with Crippen LogP contribution in [0.2, 0.25) is 0 Å². The van der Waals surface area contributed by atoms with Gasteiger partial charge < -0.3 is 5.32 Å². The van der Waals surface area contributed by atoms with Crippen LogP contribution in [-0.2, 0) is 6.42 Å². The fourth-order valence-corrected chi connectivity index (χ4v) is 1.95. The van der Waals surface area contributed by atoms with Crippen molar-refractivity contribution in [2.45, 2.75) is 40.0 Å². The Bertz CT molecular complexity index is 402. The number of benzene rings is 1. The number of nitriles is 1. The Hall–Kier alpha value is -1.33. The molecule has 0 fully saturated rings. The highest BCUT2D eigenvalue weighted by Gasteiger charge is 2.15. The summed E-state index contributed by atoms with van der Waals surface area (Å²) in [4.78, 5) is 0. The highest BCUT2D eigenvalue weighted by molar-refractivity contribution is 5.25. The molecule has 0 spiro atoms. The van der Waals surface area contributed by atoms with Gasteiger partial charge in [-0.1, -0.05) is 24.3 Å². The van der Waals surface area contributed by atoms with E-state index in [0.29, 0.717) is 0 Å². The van der Waals surface area contributed by atoms with Crippen molar-refractivity contribution in [3.8, 4) is 6.07 Å². The minimum absolute atomic E-state index is 0.183. The molecule has 0 radical (unpaired) electrons. The molecular formula is C16H24N2. The molecule has 2 heteroatoms. The number of rotatable bonds is 7. The monoisotopic (exact) mass is 244 g/mol. The maximum absolute atomic E-state index is 8.91. The normalized spacial score (nSPS) is 11.2. The van der Waals surface area contributed by atoms with Crippen molar-refractivity contribution in [3.63, 3.8) is 0 Å². The van der Waals surface area contributed by atoms with Crippen molar-refractivity contribution < 1.29 is 0 Å². The SMILES string of the molecule is Cc1ccccc1CCNCCCC(C)(C)C#N. The molecule has 0 aliphatic rings. The van der Waals surface area contributed by atoms with Crippen molar-refractivity contribution >= 4 is 0 Å². The zero-order valence-electron chi connectivity index (χ0n) is 11.8. The van der Waals surface area contributed by atoms with Crippen LogP contribution in [0.5, 0.6) is 0 Å². The molecule has 0 amide bonds. The van der Waals surface area contributed by atoms with Gasteiger partial charge in [-0.25, -0.2) is 0 Å². The largest absolute Gasteiger partial charge is 0.316 e. The molecule has 1 rings (SSSR count). The van der Waals surface area contributed by atoms with Crippen molar-refractivity contribution in [2.75, 3.05) is 13.1 Å². The van der Waals surface area contributed by atoms with Crippen LogP contribution in [-0.4, -0.2) is 13.1 Å². The van der Waals surface area contributed by atoms with E-state index in [1.165, 1.54) is 11.1 Å². The molecule has 0 saturated carbocycles. The topological polar surface area (TPSA) is 35.8 Å². The molecule has 0 heterocycles. The summed E-state index contributed by atoms with van der Waals surface area (Å²) in [6.45, 7) is 8.17. The lowest BCUT2D eigenvalue weighted by Crippen LogP contribution is -2.20. The number of nitrogens with zero attached hydrogens (tertiary/aromatic N) is 1. The highest BCUT2D eigenvalue weighted by atomic mass is 14.8. The van der Waals surface area contributed by atoms with Gasteiger partial charge in [-0.3, -0.25) is 0 Å². The van der Waals surface area contributed by atoms with E-state index in [9.17, 15) is 0 Å². The molecule has 98 valence electrons. The molecule has 0 aliphatic heterocycles. The second-order valence-electron chi connectivity index (χ2n) is 5.53. The Morgan fingerprint density at radius 1 is 1.22 bits per heavy atom. The first kappa shape index (κ1) is 14.7. The lowest BCUT2D eigenvalue weighted by Gasteiger charge is -2.14. The molecular weight excluding hydrogens is 220 g/mol. The maximum Gasteiger partial charge on any atom is 0.0683 e. The van der Waals surface area contributed by atoms with Gasteiger partial charge in [0.25, 0.3) is 0 Å². The zero-order valence-corrected chi connectivity index (χ0v) is 11.8. The van der Waals surface area contributed by atoms with Crippen LogP contribution < -0.4 is 5.32 Å². The summed E-state index contributed by atoms with van der Waals surface area (Å²) >= 11 is 0. The predicted octanol–water partition coefficient (Wildman–Crippen LogP) is 3.46. The van der Waals surface area contributed by atoms with Crippen molar-refractivity contribution in [1.82, 2.24) is 5.32 Å². The third-order valence-corrected chi connectivity index (χ3v) is 3.29. The number of hydrogen-bond donors (Lipinski definition) is 1. The average Bonchev–Trinajstić information content (AvgIpc) is 2.35. The Kier molecular flexibility index (Phi) is 5.88. The van der Waals surface area contributed by atoms with Crippen LogP contribution in [0.25, 0.3) is 0 Å². The quantitative estimate of drug-likeness (QED) is 0.746. The molecule has 1 aromatic carbocycles. The van der Waals surface area contributed by atoms with Crippen molar-refractivity contribution in [2.24, 2.45) is 5.41 Å². The van der Waals surface area contributed by atoms with E-state index in [-0.39, 0.29) is 5.41 Å². The minimum Gasteiger partial charge on any atom is -0.316 e. The van der Waals surface area contributed by atoms with E-state index in [1.807, 2.05) is 13.8 Å². The molecule has 1 N–H and O–H groups in total. The van der Waals surface area contributed by atoms with Crippen LogP contribution in [0, 0.1) is 23.7 Å². The summed E-state index contributed by atoms with van der Waals surface area (Å²) in [5.41, 5.74) is 2.60. The van der Waals surface area contributed by atoms with Gasteiger partial charge in [0.15, 0.2) is 0 Å². The zero-order chi connectivity index (χ0) is 13.4. The third kappa shape index (κ3) is 5.33. The van der Waals surface area contributed by atoms with Gasteiger partial charge in [-0.2, -0.15) is 5.26 Å². The molecule has 18 heavy (non-hydrogen) atoms. The Balaban J connectivity index is 2.13. The average molecular weight is 244 g/mol. The summed E-state index contributed by atoms with van der Waals surface area (Å²) < 4.78 is 0. The smallest absolute Gasteiger partial charge is 0.0683 e.